The van der Waals surface area contributed by atoms with Gasteiger partial charge in [-0.25, -0.2) is 0 Å². The first-order valence-corrected chi connectivity index (χ1v) is 32.8. The minimum absolute atomic E-state index is 0.0861. The summed E-state index contributed by atoms with van der Waals surface area (Å²) in [7, 11) is 0. The van der Waals surface area contributed by atoms with Gasteiger partial charge in [0.25, 0.3) is 0 Å². The molecule has 0 radical (unpaired) electrons. The fourth-order valence-corrected chi connectivity index (χ4v) is 8.74. The Morgan fingerprint density at radius 2 is 0.487 bits per heavy atom. The second-order valence-corrected chi connectivity index (χ2v) is 21.3. The quantitative estimate of drug-likeness (QED) is 0.0261. The molecule has 452 valence electrons. The number of allylic oxidation sites excluding steroid dienone is 24. The lowest BCUT2D eigenvalue weighted by atomic mass is 10.1. The minimum Gasteiger partial charge on any atom is -0.462 e. The fourth-order valence-electron chi connectivity index (χ4n) is 8.74. The first kappa shape index (κ1) is 75.3. The van der Waals surface area contributed by atoms with Crippen LogP contribution in [0.1, 0.15) is 284 Å². The van der Waals surface area contributed by atoms with Crippen molar-refractivity contribution in [3.05, 3.63) is 146 Å². The zero-order chi connectivity index (χ0) is 57.8. The highest BCUT2D eigenvalue weighted by atomic mass is 16.6. The molecule has 0 aromatic rings. The monoisotopic (exact) mass is 1100 g/mol. The maximum atomic E-state index is 12.9. The van der Waals surface area contributed by atoms with Crippen molar-refractivity contribution in [3.8, 4) is 0 Å². The van der Waals surface area contributed by atoms with Gasteiger partial charge in [-0.3, -0.25) is 14.4 Å². The summed E-state index contributed by atoms with van der Waals surface area (Å²) in [6.07, 6.45) is 96.0. The molecule has 0 spiro atoms. The smallest absolute Gasteiger partial charge is 0.306 e. The van der Waals surface area contributed by atoms with Crippen LogP contribution in [-0.2, 0) is 28.6 Å². The highest BCUT2D eigenvalue weighted by Gasteiger charge is 2.19. The number of rotatable bonds is 58. The third kappa shape index (κ3) is 64.1. The number of carbonyl (C=O) groups excluding carboxylic acids is 3. The van der Waals surface area contributed by atoms with Gasteiger partial charge in [-0.1, -0.05) is 289 Å². The summed E-state index contributed by atoms with van der Waals surface area (Å²) >= 11 is 0. The average Bonchev–Trinajstić information content (AvgIpc) is 3.46. The van der Waals surface area contributed by atoms with E-state index in [0.29, 0.717) is 19.3 Å². The number of ether oxygens (including phenoxy) is 3. The van der Waals surface area contributed by atoms with E-state index in [2.05, 4.69) is 167 Å². The maximum Gasteiger partial charge on any atom is 0.306 e. The molecule has 0 saturated carbocycles. The van der Waals surface area contributed by atoms with Crippen molar-refractivity contribution in [2.24, 2.45) is 0 Å². The molecule has 0 aliphatic rings. The lowest BCUT2D eigenvalue weighted by Crippen LogP contribution is -2.30. The van der Waals surface area contributed by atoms with Gasteiger partial charge in [-0.15, -0.1) is 0 Å². The number of hydrogen-bond donors (Lipinski definition) is 0. The summed E-state index contributed by atoms with van der Waals surface area (Å²) in [6, 6.07) is 0. The molecule has 0 N–H and O–H groups in total. The van der Waals surface area contributed by atoms with Gasteiger partial charge in [0.1, 0.15) is 13.2 Å². The van der Waals surface area contributed by atoms with Crippen molar-refractivity contribution in [2.75, 3.05) is 13.2 Å². The summed E-state index contributed by atoms with van der Waals surface area (Å²) in [5, 5.41) is 0. The van der Waals surface area contributed by atoms with E-state index in [9.17, 15) is 14.4 Å². The molecule has 0 aromatic heterocycles. The van der Waals surface area contributed by atoms with Crippen molar-refractivity contribution in [2.45, 2.75) is 290 Å². The van der Waals surface area contributed by atoms with E-state index < -0.39 is 6.10 Å². The highest BCUT2D eigenvalue weighted by Crippen LogP contribution is 2.15. The van der Waals surface area contributed by atoms with Crippen LogP contribution in [0.25, 0.3) is 0 Å². The van der Waals surface area contributed by atoms with E-state index in [1.54, 1.807) is 0 Å². The van der Waals surface area contributed by atoms with Crippen LogP contribution in [0.5, 0.6) is 0 Å². The largest absolute Gasteiger partial charge is 0.462 e. The van der Waals surface area contributed by atoms with Gasteiger partial charge < -0.3 is 14.2 Å². The normalized spacial score (nSPS) is 13.1. The second-order valence-electron chi connectivity index (χ2n) is 21.3. The lowest BCUT2D eigenvalue weighted by Gasteiger charge is -2.18. The van der Waals surface area contributed by atoms with E-state index in [4.69, 9.17) is 14.2 Å². The zero-order valence-corrected chi connectivity index (χ0v) is 51.8. The standard InChI is InChI=1S/C74H120O6/c1-4-7-10-13-16-18-20-22-24-26-28-30-32-34-36-37-39-40-42-44-46-48-50-52-54-56-58-61-64-67-73(76)79-70-71(69-78-72(75)66-63-60-15-12-9-6-3)80-74(77)68-65-62-59-57-55-53-51-49-47-45-43-41-38-35-33-31-29-27-25-23-21-19-17-14-11-8-5-2/h7-8,10-11,16-19,22-25,28-31,34-36,38-40,43,45,71H,4-6,9,12-15,20-21,26-27,32-33,37,41-42,44,46-70H2,1-3H3/b10-7-,11-8-,18-16-,19-17-,24-22-,25-23-,30-28-,31-29-,36-34-,38-35-,40-39-,45-43-. The third-order valence-corrected chi connectivity index (χ3v) is 13.6. The SMILES string of the molecule is CC/C=C\C/C=C\C/C=C\C/C=C\C/C=C\C/C=C\CCCCCCCCCCCCC(=O)OCC(COC(=O)CCCCCCCC)OC(=O)CCCCCCCCCC/C=C\C/C=C\C/C=C\C/C=C\C/C=C\C/C=C\CC. The van der Waals surface area contributed by atoms with Crippen LogP contribution in [0.3, 0.4) is 0 Å². The Morgan fingerprint density at radius 1 is 0.263 bits per heavy atom. The molecule has 6 heteroatoms. The molecular weight excluding hydrogens is 985 g/mol. The molecule has 0 saturated heterocycles. The number of carbonyl (C=O) groups is 3. The Morgan fingerprint density at radius 3 is 0.762 bits per heavy atom. The Balaban J connectivity index is 4.14. The molecule has 1 atom stereocenters. The van der Waals surface area contributed by atoms with Gasteiger partial charge in [0.05, 0.1) is 0 Å². The molecular formula is C74H120O6. The zero-order valence-electron chi connectivity index (χ0n) is 51.8. The van der Waals surface area contributed by atoms with Crippen molar-refractivity contribution in [1.29, 1.82) is 0 Å². The number of hydrogen-bond acceptors (Lipinski definition) is 6. The number of esters is 3. The van der Waals surface area contributed by atoms with E-state index in [0.717, 1.165) is 141 Å². The lowest BCUT2D eigenvalue weighted by molar-refractivity contribution is -0.167. The van der Waals surface area contributed by atoms with Crippen LogP contribution < -0.4 is 0 Å². The predicted octanol–water partition coefficient (Wildman–Crippen LogP) is 22.7. The second kappa shape index (κ2) is 66.8. The molecule has 0 aromatic carbocycles. The van der Waals surface area contributed by atoms with Crippen LogP contribution in [0, 0.1) is 0 Å². The third-order valence-electron chi connectivity index (χ3n) is 13.6. The molecule has 0 rings (SSSR count). The Bertz CT molecular complexity index is 1750. The Labute approximate surface area is 493 Å². The first-order valence-electron chi connectivity index (χ1n) is 32.8. The van der Waals surface area contributed by atoms with Crippen molar-refractivity contribution >= 4 is 17.9 Å². The highest BCUT2D eigenvalue weighted by molar-refractivity contribution is 5.71. The van der Waals surface area contributed by atoms with E-state index in [1.807, 2.05) is 0 Å². The van der Waals surface area contributed by atoms with Crippen LogP contribution >= 0.6 is 0 Å². The van der Waals surface area contributed by atoms with Crippen LogP contribution in [0.2, 0.25) is 0 Å². The topological polar surface area (TPSA) is 78.9 Å². The van der Waals surface area contributed by atoms with Gasteiger partial charge in [0, 0.05) is 19.3 Å². The van der Waals surface area contributed by atoms with Crippen molar-refractivity contribution in [3.63, 3.8) is 0 Å². The van der Waals surface area contributed by atoms with Gasteiger partial charge in [0.2, 0.25) is 0 Å². The molecule has 6 nitrogen and oxygen atoms in total. The molecule has 0 amide bonds. The van der Waals surface area contributed by atoms with Gasteiger partial charge >= 0.3 is 17.9 Å². The van der Waals surface area contributed by atoms with Crippen molar-refractivity contribution < 1.29 is 28.6 Å². The predicted molar refractivity (Wildman–Crippen MR) is 348 cm³/mol. The van der Waals surface area contributed by atoms with Crippen molar-refractivity contribution in [1.82, 2.24) is 0 Å². The van der Waals surface area contributed by atoms with E-state index in [-0.39, 0.29) is 31.1 Å². The van der Waals surface area contributed by atoms with Gasteiger partial charge in [0.15, 0.2) is 6.10 Å². The first-order chi connectivity index (χ1) is 39.5. The van der Waals surface area contributed by atoms with Gasteiger partial charge in [-0.05, 0) is 122 Å². The Hall–Kier alpha value is -4.71. The van der Waals surface area contributed by atoms with Crippen LogP contribution in [-0.4, -0.2) is 37.2 Å². The molecule has 0 aliphatic heterocycles. The molecule has 0 bridgehead atoms. The summed E-state index contributed by atoms with van der Waals surface area (Å²) in [4.78, 5) is 38.1. The fraction of sp³-hybridized carbons (Fsp3) is 0.635. The van der Waals surface area contributed by atoms with Crippen LogP contribution in [0.15, 0.2) is 146 Å². The minimum atomic E-state index is -0.787. The Kier molecular flexibility index (Phi) is 62.9. The summed E-state index contributed by atoms with van der Waals surface area (Å²) < 4.78 is 16.8. The summed E-state index contributed by atoms with van der Waals surface area (Å²) in [5.41, 5.74) is 0. The molecule has 1 unspecified atom stereocenters. The van der Waals surface area contributed by atoms with Crippen LogP contribution in [0.4, 0.5) is 0 Å². The molecule has 0 aliphatic carbocycles. The maximum absolute atomic E-state index is 12.9. The van der Waals surface area contributed by atoms with E-state index >= 15 is 0 Å². The van der Waals surface area contributed by atoms with E-state index in [1.165, 1.54) is 103 Å². The van der Waals surface area contributed by atoms with Gasteiger partial charge in [-0.2, -0.15) is 0 Å². The summed E-state index contributed by atoms with van der Waals surface area (Å²) in [6.45, 7) is 6.35. The molecule has 80 heavy (non-hydrogen) atoms. The molecule has 0 fully saturated rings. The molecule has 0 heterocycles. The number of unbranched alkanes of at least 4 members (excludes halogenated alkanes) is 23. The summed E-state index contributed by atoms with van der Waals surface area (Å²) in [5.74, 6) is -0.908. The average molecular weight is 1110 g/mol.